The molecule has 0 atom stereocenters. The first-order valence-electron chi connectivity index (χ1n) is 7.12. The summed E-state index contributed by atoms with van der Waals surface area (Å²) in [4.78, 5) is 4.35. The molecule has 1 aromatic heterocycles. The molecule has 1 aliphatic rings. The lowest BCUT2D eigenvalue weighted by atomic mass is 10.0. The second-order valence-electron chi connectivity index (χ2n) is 5.25. The molecule has 0 fully saturated rings. The lowest BCUT2D eigenvalue weighted by Gasteiger charge is -2.08. The van der Waals surface area contributed by atoms with E-state index in [9.17, 15) is 0 Å². The van der Waals surface area contributed by atoms with Crippen molar-refractivity contribution >= 4 is 10.8 Å². The Labute approximate surface area is 128 Å². The number of nitrogens with zero attached hydrogens (tertiary/aromatic N) is 1. The molecule has 4 heteroatoms. The fraction of sp³-hybridized carbons (Fsp3) is 0.167. The quantitative estimate of drug-likeness (QED) is 0.740. The summed E-state index contributed by atoms with van der Waals surface area (Å²) in [6.45, 7) is 0.285. The summed E-state index contributed by atoms with van der Waals surface area (Å²) in [7, 11) is 1.67. The molecule has 0 N–H and O–H groups in total. The van der Waals surface area contributed by atoms with Crippen molar-refractivity contribution in [3.8, 4) is 17.2 Å². The smallest absolute Gasteiger partial charge is 0.231 e. The largest absolute Gasteiger partial charge is 0.497 e. The van der Waals surface area contributed by atoms with Gasteiger partial charge in [-0.3, -0.25) is 4.98 Å². The molecule has 0 spiro atoms. The lowest BCUT2D eigenvalue weighted by molar-refractivity contribution is 0.174. The molecule has 2 heterocycles. The van der Waals surface area contributed by atoms with Crippen molar-refractivity contribution in [2.45, 2.75) is 6.42 Å². The summed E-state index contributed by atoms with van der Waals surface area (Å²) >= 11 is 0. The van der Waals surface area contributed by atoms with E-state index in [1.807, 2.05) is 36.7 Å². The van der Waals surface area contributed by atoms with E-state index in [2.05, 4.69) is 17.1 Å². The van der Waals surface area contributed by atoms with Gasteiger partial charge in [-0.05, 0) is 47.2 Å². The zero-order valence-corrected chi connectivity index (χ0v) is 12.2. The third kappa shape index (κ3) is 2.22. The van der Waals surface area contributed by atoms with Crippen molar-refractivity contribution in [3.05, 3.63) is 59.9 Å². The Bertz CT molecular complexity index is 828. The molecule has 3 aromatic rings. The number of fused-ring (bicyclic) bond motifs is 2. The van der Waals surface area contributed by atoms with E-state index in [1.165, 1.54) is 11.1 Å². The van der Waals surface area contributed by atoms with Gasteiger partial charge in [0.15, 0.2) is 11.5 Å². The zero-order chi connectivity index (χ0) is 14.9. The molecule has 0 unspecified atom stereocenters. The maximum Gasteiger partial charge on any atom is 0.231 e. The number of benzene rings is 2. The van der Waals surface area contributed by atoms with Gasteiger partial charge in [0.05, 0.1) is 7.11 Å². The Morgan fingerprint density at radius 3 is 2.59 bits per heavy atom. The number of pyridine rings is 1. The lowest BCUT2D eigenvalue weighted by Crippen LogP contribution is -1.93. The number of hydrogen-bond acceptors (Lipinski definition) is 4. The highest BCUT2D eigenvalue weighted by molar-refractivity contribution is 5.88. The average Bonchev–Trinajstić information content (AvgIpc) is 3.01. The molecule has 0 aliphatic carbocycles. The van der Waals surface area contributed by atoms with Gasteiger partial charge >= 0.3 is 0 Å². The van der Waals surface area contributed by atoms with Crippen molar-refractivity contribution in [1.29, 1.82) is 0 Å². The van der Waals surface area contributed by atoms with Crippen LogP contribution in [0.3, 0.4) is 0 Å². The highest BCUT2D eigenvalue weighted by Crippen LogP contribution is 2.37. The third-order valence-corrected chi connectivity index (χ3v) is 3.89. The molecule has 4 nitrogen and oxygen atoms in total. The fourth-order valence-electron chi connectivity index (χ4n) is 2.72. The van der Waals surface area contributed by atoms with Crippen LogP contribution in [0.4, 0.5) is 0 Å². The van der Waals surface area contributed by atoms with E-state index in [0.29, 0.717) is 0 Å². The Morgan fingerprint density at radius 1 is 1.05 bits per heavy atom. The Balaban J connectivity index is 1.74. The second kappa shape index (κ2) is 5.22. The van der Waals surface area contributed by atoms with Gasteiger partial charge in [-0.15, -0.1) is 0 Å². The molecule has 0 saturated heterocycles. The molecule has 0 bridgehead atoms. The van der Waals surface area contributed by atoms with Crippen LogP contribution in [0.2, 0.25) is 0 Å². The summed E-state index contributed by atoms with van der Waals surface area (Å²) in [5.74, 6) is 2.45. The van der Waals surface area contributed by atoms with Crippen LogP contribution in [0.15, 0.2) is 48.8 Å². The number of hydrogen-bond donors (Lipinski definition) is 0. The predicted octanol–water partition coefficient (Wildman–Crippen LogP) is 3.56. The minimum absolute atomic E-state index is 0.285. The average molecular weight is 293 g/mol. The van der Waals surface area contributed by atoms with Crippen molar-refractivity contribution in [3.63, 3.8) is 0 Å². The van der Waals surface area contributed by atoms with Gasteiger partial charge in [0, 0.05) is 17.8 Å². The Kier molecular flexibility index (Phi) is 3.07. The molecular weight excluding hydrogens is 278 g/mol. The Hall–Kier alpha value is -2.75. The van der Waals surface area contributed by atoms with Gasteiger partial charge in [0.25, 0.3) is 0 Å². The second-order valence-corrected chi connectivity index (χ2v) is 5.25. The molecule has 4 rings (SSSR count). The summed E-state index contributed by atoms with van der Waals surface area (Å²) in [5, 5.41) is 2.21. The molecule has 0 saturated carbocycles. The standard InChI is InChI=1S/C18H15NO3/c1-20-15-4-2-12(3-5-15)6-13-9-19-10-14-7-17-18(8-16(13)14)22-11-21-17/h2-5,7-10H,6,11H2,1H3. The first kappa shape index (κ1) is 13.0. The molecule has 0 radical (unpaired) electrons. The maximum atomic E-state index is 5.48. The van der Waals surface area contributed by atoms with Crippen LogP contribution in [-0.4, -0.2) is 18.9 Å². The summed E-state index contributed by atoms with van der Waals surface area (Å²) in [5.41, 5.74) is 2.38. The van der Waals surface area contributed by atoms with Crippen molar-refractivity contribution < 1.29 is 14.2 Å². The fourth-order valence-corrected chi connectivity index (χ4v) is 2.72. The summed E-state index contributed by atoms with van der Waals surface area (Å²) in [6.07, 6.45) is 4.58. The van der Waals surface area contributed by atoms with E-state index in [0.717, 1.165) is 34.4 Å². The summed E-state index contributed by atoms with van der Waals surface area (Å²) in [6, 6.07) is 12.1. The zero-order valence-electron chi connectivity index (χ0n) is 12.2. The van der Waals surface area contributed by atoms with Gasteiger partial charge in [0.2, 0.25) is 6.79 Å². The van der Waals surface area contributed by atoms with E-state index < -0.39 is 0 Å². The SMILES string of the molecule is COc1ccc(Cc2cncc3cc4c(cc23)OCO4)cc1. The van der Waals surface area contributed by atoms with Gasteiger partial charge < -0.3 is 14.2 Å². The van der Waals surface area contributed by atoms with E-state index in [4.69, 9.17) is 14.2 Å². The molecule has 2 aromatic carbocycles. The first-order chi connectivity index (χ1) is 10.8. The topological polar surface area (TPSA) is 40.6 Å². The molecule has 1 aliphatic heterocycles. The summed E-state index contributed by atoms with van der Waals surface area (Å²) < 4.78 is 16.1. The van der Waals surface area contributed by atoms with Gasteiger partial charge in [-0.25, -0.2) is 0 Å². The van der Waals surface area contributed by atoms with E-state index in [-0.39, 0.29) is 6.79 Å². The highest BCUT2D eigenvalue weighted by atomic mass is 16.7. The van der Waals surface area contributed by atoms with E-state index in [1.54, 1.807) is 7.11 Å². The van der Waals surface area contributed by atoms with Crippen LogP contribution in [-0.2, 0) is 6.42 Å². The minimum Gasteiger partial charge on any atom is -0.497 e. The van der Waals surface area contributed by atoms with Crippen LogP contribution in [0, 0.1) is 0 Å². The molecule has 0 amide bonds. The monoisotopic (exact) mass is 293 g/mol. The highest BCUT2D eigenvalue weighted by Gasteiger charge is 2.15. The van der Waals surface area contributed by atoms with Gasteiger partial charge in [0.1, 0.15) is 5.75 Å². The first-order valence-corrected chi connectivity index (χ1v) is 7.12. The van der Waals surface area contributed by atoms with Gasteiger partial charge in [-0.1, -0.05) is 12.1 Å². The van der Waals surface area contributed by atoms with Crippen LogP contribution in [0.1, 0.15) is 11.1 Å². The molecule has 22 heavy (non-hydrogen) atoms. The molecule has 110 valence electrons. The normalized spacial score (nSPS) is 12.6. The van der Waals surface area contributed by atoms with Crippen LogP contribution in [0.25, 0.3) is 10.8 Å². The van der Waals surface area contributed by atoms with E-state index >= 15 is 0 Å². The number of ether oxygens (including phenoxy) is 3. The maximum absolute atomic E-state index is 5.48. The van der Waals surface area contributed by atoms with Crippen LogP contribution in [0.5, 0.6) is 17.2 Å². The van der Waals surface area contributed by atoms with Crippen molar-refractivity contribution in [2.24, 2.45) is 0 Å². The third-order valence-electron chi connectivity index (χ3n) is 3.89. The van der Waals surface area contributed by atoms with Crippen LogP contribution < -0.4 is 14.2 Å². The van der Waals surface area contributed by atoms with Crippen molar-refractivity contribution in [1.82, 2.24) is 4.98 Å². The van der Waals surface area contributed by atoms with Crippen LogP contribution >= 0.6 is 0 Å². The Morgan fingerprint density at radius 2 is 1.82 bits per heavy atom. The molecular formula is C18H15NO3. The van der Waals surface area contributed by atoms with Crippen molar-refractivity contribution in [2.75, 3.05) is 13.9 Å². The number of aromatic nitrogens is 1. The number of rotatable bonds is 3. The number of methoxy groups -OCH3 is 1. The predicted molar refractivity (Wildman–Crippen MR) is 83.7 cm³/mol. The van der Waals surface area contributed by atoms with Gasteiger partial charge in [-0.2, -0.15) is 0 Å². The minimum atomic E-state index is 0.285.